The Kier molecular flexibility index (Phi) is 4.45. The van der Waals surface area contributed by atoms with Crippen LogP contribution in [0.5, 0.6) is 0 Å². The highest BCUT2D eigenvalue weighted by atomic mass is 16.3. The number of carbonyl (C=O) groups is 1. The number of anilines is 1. The monoisotopic (exact) mass is 280 g/mol. The zero-order valence-corrected chi connectivity index (χ0v) is 12.7. The number of carbonyl (C=O) groups excluding carboxylic acids is 1. The number of aliphatic hydroxyl groups excluding tert-OH is 1. The third-order valence-corrected chi connectivity index (χ3v) is 3.97. The molecular formula is C14H24N4O2. The summed E-state index contributed by atoms with van der Waals surface area (Å²) in [5.74, 6) is 0.497. The van der Waals surface area contributed by atoms with Crippen molar-refractivity contribution in [2.75, 3.05) is 25.5 Å². The van der Waals surface area contributed by atoms with E-state index < -0.39 is 0 Å². The second-order valence-electron chi connectivity index (χ2n) is 5.91. The van der Waals surface area contributed by atoms with Gasteiger partial charge in [-0.2, -0.15) is 5.10 Å². The molecular weight excluding hydrogens is 256 g/mol. The zero-order valence-electron chi connectivity index (χ0n) is 12.7. The van der Waals surface area contributed by atoms with Crippen LogP contribution in [-0.2, 0) is 11.8 Å². The fourth-order valence-corrected chi connectivity index (χ4v) is 2.73. The molecule has 1 saturated carbocycles. The lowest BCUT2D eigenvalue weighted by Gasteiger charge is -2.34. The van der Waals surface area contributed by atoms with E-state index in [1.165, 1.54) is 0 Å². The van der Waals surface area contributed by atoms with E-state index in [1.54, 1.807) is 4.68 Å². The van der Waals surface area contributed by atoms with Crippen LogP contribution in [0.25, 0.3) is 0 Å². The number of hydrogen-bond acceptors (Lipinski definition) is 4. The van der Waals surface area contributed by atoms with Gasteiger partial charge < -0.3 is 10.4 Å². The molecule has 0 aromatic carbocycles. The summed E-state index contributed by atoms with van der Waals surface area (Å²) in [5, 5.41) is 16.5. The summed E-state index contributed by atoms with van der Waals surface area (Å²) in [7, 11) is 3.80. The Balaban J connectivity index is 1.82. The number of rotatable bonds is 5. The summed E-state index contributed by atoms with van der Waals surface area (Å²) in [6.07, 6.45) is 1.57. The first-order valence-corrected chi connectivity index (χ1v) is 7.03. The van der Waals surface area contributed by atoms with Gasteiger partial charge >= 0.3 is 0 Å². The van der Waals surface area contributed by atoms with Crippen LogP contribution < -0.4 is 5.32 Å². The van der Waals surface area contributed by atoms with E-state index in [0.29, 0.717) is 12.5 Å². The first kappa shape index (κ1) is 15.0. The molecule has 1 aromatic rings. The van der Waals surface area contributed by atoms with Gasteiger partial charge in [-0.05, 0) is 39.7 Å². The molecule has 1 fully saturated rings. The normalized spacial score (nSPS) is 21.9. The second kappa shape index (κ2) is 5.93. The van der Waals surface area contributed by atoms with Crippen molar-refractivity contribution in [2.45, 2.75) is 32.8 Å². The zero-order chi connectivity index (χ0) is 14.9. The topological polar surface area (TPSA) is 70.4 Å². The molecule has 1 aliphatic carbocycles. The number of amides is 1. The molecule has 2 rings (SSSR count). The Labute approximate surface area is 119 Å². The average molecular weight is 280 g/mol. The highest BCUT2D eigenvalue weighted by Crippen LogP contribution is 2.27. The van der Waals surface area contributed by atoms with Crippen LogP contribution >= 0.6 is 0 Å². The molecule has 1 heterocycles. The molecule has 112 valence electrons. The Bertz CT molecular complexity index is 492. The minimum atomic E-state index is -0.136. The van der Waals surface area contributed by atoms with Crippen molar-refractivity contribution < 1.29 is 9.90 Å². The van der Waals surface area contributed by atoms with Gasteiger partial charge in [0.1, 0.15) is 0 Å². The van der Waals surface area contributed by atoms with Crippen molar-refractivity contribution in [2.24, 2.45) is 13.0 Å². The fourth-order valence-electron chi connectivity index (χ4n) is 2.73. The quantitative estimate of drug-likeness (QED) is 0.832. The van der Waals surface area contributed by atoms with Crippen LogP contribution in [0.2, 0.25) is 0 Å². The predicted molar refractivity (Wildman–Crippen MR) is 77.5 cm³/mol. The van der Waals surface area contributed by atoms with Crippen molar-refractivity contribution >= 4 is 11.6 Å². The van der Waals surface area contributed by atoms with Crippen LogP contribution in [0.4, 0.5) is 5.69 Å². The predicted octanol–water partition coefficient (Wildman–Crippen LogP) is 0.678. The maximum atomic E-state index is 12.0. The van der Waals surface area contributed by atoms with Crippen molar-refractivity contribution in [3.05, 3.63) is 11.4 Å². The molecule has 1 aromatic heterocycles. The SMILES string of the molecule is Cc1nn(C)c(C)c1NC(=O)CN(C)CC1CC(O)C1. The smallest absolute Gasteiger partial charge is 0.238 e. The average Bonchev–Trinajstić information content (AvgIpc) is 2.54. The molecule has 0 atom stereocenters. The minimum Gasteiger partial charge on any atom is -0.393 e. The molecule has 0 spiro atoms. The number of nitrogens with one attached hydrogen (secondary N) is 1. The molecule has 0 unspecified atom stereocenters. The minimum absolute atomic E-state index is 0.0217. The molecule has 1 amide bonds. The third kappa shape index (κ3) is 3.37. The third-order valence-electron chi connectivity index (χ3n) is 3.97. The largest absolute Gasteiger partial charge is 0.393 e. The first-order chi connectivity index (χ1) is 9.36. The van der Waals surface area contributed by atoms with Gasteiger partial charge in [0, 0.05) is 13.6 Å². The number of aliphatic hydroxyl groups is 1. The maximum Gasteiger partial charge on any atom is 0.238 e. The molecule has 0 radical (unpaired) electrons. The lowest BCUT2D eigenvalue weighted by Crippen LogP contribution is -2.40. The van der Waals surface area contributed by atoms with Gasteiger partial charge in [-0.1, -0.05) is 0 Å². The summed E-state index contributed by atoms with van der Waals surface area (Å²) in [6, 6.07) is 0. The van der Waals surface area contributed by atoms with E-state index in [-0.39, 0.29) is 12.0 Å². The van der Waals surface area contributed by atoms with Gasteiger partial charge in [-0.15, -0.1) is 0 Å². The van der Waals surface area contributed by atoms with Crippen molar-refractivity contribution in [3.8, 4) is 0 Å². The highest BCUT2D eigenvalue weighted by molar-refractivity contribution is 5.93. The Morgan fingerprint density at radius 1 is 1.50 bits per heavy atom. The van der Waals surface area contributed by atoms with E-state index in [9.17, 15) is 9.90 Å². The second-order valence-corrected chi connectivity index (χ2v) is 5.91. The fraction of sp³-hybridized carbons (Fsp3) is 0.714. The van der Waals surface area contributed by atoms with Gasteiger partial charge in [-0.3, -0.25) is 14.4 Å². The highest BCUT2D eigenvalue weighted by Gasteiger charge is 2.28. The maximum absolute atomic E-state index is 12.0. The molecule has 2 N–H and O–H groups in total. The first-order valence-electron chi connectivity index (χ1n) is 7.03. The van der Waals surface area contributed by atoms with Gasteiger partial charge in [0.25, 0.3) is 0 Å². The lowest BCUT2D eigenvalue weighted by molar-refractivity contribution is -0.117. The number of aryl methyl sites for hydroxylation is 2. The van der Waals surface area contributed by atoms with Crippen LogP contribution in [0, 0.1) is 19.8 Å². The van der Waals surface area contributed by atoms with Crippen molar-refractivity contribution in [1.82, 2.24) is 14.7 Å². The summed E-state index contributed by atoms with van der Waals surface area (Å²) < 4.78 is 1.77. The summed E-state index contributed by atoms with van der Waals surface area (Å²) in [6.45, 7) is 5.05. The van der Waals surface area contributed by atoms with E-state index in [2.05, 4.69) is 10.4 Å². The van der Waals surface area contributed by atoms with E-state index in [4.69, 9.17) is 0 Å². The van der Waals surface area contributed by atoms with Gasteiger partial charge in [0.15, 0.2) is 0 Å². The summed E-state index contributed by atoms with van der Waals surface area (Å²) >= 11 is 0. The molecule has 0 aliphatic heterocycles. The molecule has 6 heteroatoms. The van der Waals surface area contributed by atoms with Gasteiger partial charge in [-0.25, -0.2) is 0 Å². The number of likely N-dealkylation sites (N-methyl/N-ethyl adjacent to an activating group) is 1. The van der Waals surface area contributed by atoms with Crippen molar-refractivity contribution in [3.63, 3.8) is 0 Å². The van der Waals surface area contributed by atoms with Crippen LogP contribution in [0.15, 0.2) is 0 Å². The van der Waals surface area contributed by atoms with Crippen LogP contribution in [0.1, 0.15) is 24.2 Å². The molecule has 6 nitrogen and oxygen atoms in total. The van der Waals surface area contributed by atoms with Crippen LogP contribution in [-0.4, -0.2) is 51.9 Å². The van der Waals surface area contributed by atoms with E-state index >= 15 is 0 Å². The number of nitrogens with zero attached hydrogens (tertiary/aromatic N) is 3. The number of hydrogen-bond donors (Lipinski definition) is 2. The summed E-state index contributed by atoms with van der Waals surface area (Å²) in [4.78, 5) is 14.1. The standard InChI is InChI=1S/C14H24N4O2/c1-9-14(10(2)18(4)16-9)15-13(20)8-17(3)7-11-5-12(19)6-11/h11-12,19H,5-8H2,1-4H3,(H,15,20). The molecule has 0 saturated heterocycles. The molecule has 1 aliphatic rings. The van der Waals surface area contributed by atoms with Gasteiger partial charge in [0.05, 0.1) is 29.7 Å². The number of aromatic nitrogens is 2. The Hall–Kier alpha value is -1.40. The van der Waals surface area contributed by atoms with Gasteiger partial charge in [0.2, 0.25) is 5.91 Å². The Morgan fingerprint density at radius 2 is 2.15 bits per heavy atom. The van der Waals surface area contributed by atoms with E-state index in [0.717, 1.165) is 36.5 Å². The van der Waals surface area contributed by atoms with Crippen molar-refractivity contribution in [1.29, 1.82) is 0 Å². The van der Waals surface area contributed by atoms with E-state index in [1.807, 2.05) is 32.8 Å². The molecule has 20 heavy (non-hydrogen) atoms. The Morgan fingerprint density at radius 3 is 2.65 bits per heavy atom. The lowest BCUT2D eigenvalue weighted by atomic mass is 9.82. The molecule has 0 bridgehead atoms. The van der Waals surface area contributed by atoms with Crippen LogP contribution in [0.3, 0.4) is 0 Å². The summed E-state index contributed by atoms with van der Waals surface area (Å²) in [5.41, 5.74) is 2.61.